The van der Waals surface area contributed by atoms with E-state index in [4.69, 9.17) is 9.84 Å². The van der Waals surface area contributed by atoms with Gasteiger partial charge in [0.05, 0.1) is 0 Å². The van der Waals surface area contributed by atoms with E-state index in [0.717, 1.165) is 0 Å². The minimum atomic E-state index is -1.03. The molecule has 21 heavy (non-hydrogen) atoms. The summed E-state index contributed by atoms with van der Waals surface area (Å²) >= 11 is 0. The van der Waals surface area contributed by atoms with E-state index in [-0.39, 0.29) is 5.92 Å². The van der Waals surface area contributed by atoms with Crippen LogP contribution in [-0.2, 0) is 4.79 Å². The zero-order valence-corrected chi connectivity index (χ0v) is 12.3. The summed E-state index contributed by atoms with van der Waals surface area (Å²) in [6, 6.07) is 5.64. The van der Waals surface area contributed by atoms with Gasteiger partial charge in [-0.15, -0.1) is 0 Å². The van der Waals surface area contributed by atoms with E-state index in [2.05, 4.69) is 11.9 Å². The normalized spacial score (nSPS) is 11.8. The number of hydrogen-bond acceptors (Lipinski definition) is 3. The van der Waals surface area contributed by atoms with Gasteiger partial charge >= 0.3 is 5.97 Å². The van der Waals surface area contributed by atoms with Crippen LogP contribution in [0.5, 0.6) is 5.75 Å². The molecule has 0 radical (unpaired) electrons. The van der Waals surface area contributed by atoms with E-state index in [1.807, 2.05) is 13.8 Å². The van der Waals surface area contributed by atoms with Crippen molar-refractivity contribution in [2.75, 3.05) is 6.61 Å². The second-order valence-corrected chi connectivity index (χ2v) is 5.12. The second-order valence-electron chi connectivity index (χ2n) is 5.12. The van der Waals surface area contributed by atoms with Crippen molar-refractivity contribution in [3.63, 3.8) is 0 Å². The van der Waals surface area contributed by atoms with Crippen LogP contribution in [-0.4, -0.2) is 29.6 Å². The number of nitrogens with one attached hydrogen (secondary N) is 1. The van der Waals surface area contributed by atoms with E-state index in [9.17, 15) is 9.59 Å². The molecule has 0 bridgehead atoms. The monoisotopic (exact) mass is 291 g/mol. The third-order valence-corrected chi connectivity index (χ3v) is 2.79. The molecule has 0 aliphatic rings. The van der Waals surface area contributed by atoms with Crippen molar-refractivity contribution >= 4 is 11.9 Å². The number of benzene rings is 1. The summed E-state index contributed by atoms with van der Waals surface area (Å²) in [7, 11) is 0. The van der Waals surface area contributed by atoms with Crippen LogP contribution in [0.3, 0.4) is 0 Å². The van der Waals surface area contributed by atoms with E-state index in [0.29, 0.717) is 24.3 Å². The molecule has 0 heterocycles. The summed E-state index contributed by atoms with van der Waals surface area (Å²) in [4.78, 5) is 23.2. The Hall–Kier alpha value is -2.30. The van der Waals surface area contributed by atoms with Crippen LogP contribution in [0.25, 0.3) is 0 Å². The minimum absolute atomic E-state index is 0.182. The van der Waals surface area contributed by atoms with E-state index < -0.39 is 17.9 Å². The van der Waals surface area contributed by atoms with Crippen molar-refractivity contribution in [1.82, 2.24) is 5.32 Å². The Morgan fingerprint density at radius 3 is 2.43 bits per heavy atom. The average molecular weight is 291 g/mol. The molecule has 0 spiro atoms. The highest BCUT2D eigenvalue weighted by Crippen LogP contribution is 2.13. The Morgan fingerprint density at radius 2 is 1.95 bits per heavy atom. The van der Waals surface area contributed by atoms with Crippen LogP contribution in [0.15, 0.2) is 36.9 Å². The number of ether oxygens (including phenoxy) is 1. The summed E-state index contributed by atoms with van der Waals surface area (Å²) in [6.45, 7) is 7.76. The molecule has 0 aromatic heterocycles. The first-order chi connectivity index (χ1) is 9.93. The van der Waals surface area contributed by atoms with Gasteiger partial charge in [0.2, 0.25) is 0 Å². The summed E-state index contributed by atoms with van der Waals surface area (Å²) in [5.41, 5.74) is 0.399. The molecule has 0 aliphatic heterocycles. The highest BCUT2D eigenvalue weighted by molar-refractivity contribution is 5.96. The van der Waals surface area contributed by atoms with Crippen molar-refractivity contribution in [1.29, 1.82) is 0 Å². The number of carboxylic acids is 1. The van der Waals surface area contributed by atoms with Crippen LogP contribution in [0.4, 0.5) is 0 Å². The maximum absolute atomic E-state index is 12.0. The molecule has 0 unspecified atom stereocenters. The van der Waals surface area contributed by atoms with E-state index in [1.165, 1.54) is 0 Å². The topological polar surface area (TPSA) is 75.6 Å². The summed E-state index contributed by atoms with van der Waals surface area (Å²) < 4.78 is 5.32. The number of rotatable bonds is 8. The smallest absolute Gasteiger partial charge is 0.326 e. The van der Waals surface area contributed by atoms with Gasteiger partial charge in [0.15, 0.2) is 0 Å². The zero-order chi connectivity index (χ0) is 15.8. The number of carbonyl (C=O) groups excluding carboxylic acids is 1. The first-order valence-corrected chi connectivity index (χ1v) is 6.81. The molecule has 5 heteroatoms. The fourth-order valence-corrected chi connectivity index (χ4v) is 1.79. The van der Waals surface area contributed by atoms with Crippen LogP contribution in [0.2, 0.25) is 0 Å². The number of amides is 1. The van der Waals surface area contributed by atoms with Crippen LogP contribution in [0.1, 0.15) is 30.6 Å². The van der Waals surface area contributed by atoms with Gasteiger partial charge in [-0.3, -0.25) is 4.79 Å². The van der Waals surface area contributed by atoms with Crippen LogP contribution in [0, 0.1) is 5.92 Å². The Balaban J connectivity index is 2.69. The quantitative estimate of drug-likeness (QED) is 0.721. The lowest BCUT2D eigenvalue weighted by atomic mass is 10.0. The van der Waals surface area contributed by atoms with E-state index >= 15 is 0 Å². The predicted octanol–water partition coefficient (Wildman–Crippen LogP) is 2.48. The Kier molecular flexibility index (Phi) is 6.46. The first-order valence-electron chi connectivity index (χ1n) is 6.81. The third kappa shape index (κ3) is 5.69. The van der Waals surface area contributed by atoms with Crippen molar-refractivity contribution in [3.05, 3.63) is 42.5 Å². The van der Waals surface area contributed by atoms with Crippen LogP contribution >= 0.6 is 0 Å². The van der Waals surface area contributed by atoms with Gasteiger partial charge in [-0.2, -0.15) is 0 Å². The molecular weight excluding hydrogens is 270 g/mol. The minimum Gasteiger partial charge on any atom is -0.490 e. The highest BCUT2D eigenvalue weighted by Gasteiger charge is 2.21. The molecule has 1 rings (SSSR count). The lowest BCUT2D eigenvalue weighted by Crippen LogP contribution is -2.41. The number of carbonyl (C=O) groups is 2. The second kappa shape index (κ2) is 8.09. The van der Waals surface area contributed by atoms with Crippen molar-refractivity contribution in [2.45, 2.75) is 26.3 Å². The maximum atomic E-state index is 12.0. The lowest BCUT2D eigenvalue weighted by molar-refractivity contribution is -0.139. The van der Waals surface area contributed by atoms with Crippen molar-refractivity contribution < 1.29 is 19.4 Å². The fourth-order valence-electron chi connectivity index (χ4n) is 1.79. The summed E-state index contributed by atoms with van der Waals surface area (Å²) in [6.07, 6.45) is 2.02. The lowest BCUT2D eigenvalue weighted by Gasteiger charge is -2.16. The molecule has 5 nitrogen and oxygen atoms in total. The third-order valence-electron chi connectivity index (χ3n) is 2.79. The summed E-state index contributed by atoms with van der Waals surface area (Å²) in [5, 5.41) is 11.6. The predicted molar refractivity (Wildman–Crippen MR) is 80.5 cm³/mol. The SMILES string of the molecule is C=CCOc1ccc(C(=O)N[C@@H](CC(C)C)C(=O)O)cc1. The van der Waals surface area contributed by atoms with Gasteiger partial charge in [0.25, 0.3) is 5.91 Å². The van der Waals surface area contributed by atoms with Gasteiger partial charge in [0.1, 0.15) is 18.4 Å². The molecule has 1 aromatic rings. The molecule has 0 aliphatic carbocycles. The number of carboxylic acid groups (broad SMARTS) is 1. The van der Waals surface area contributed by atoms with Gasteiger partial charge in [-0.25, -0.2) is 4.79 Å². The largest absolute Gasteiger partial charge is 0.490 e. The maximum Gasteiger partial charge on any atom is 0.326 e. The molecule has 1 aromatic carbocycles. The molecule has 114 valence electrons. The van der Waals surface area contributed by atoms with Crippen molar-refractivity contribution in [3.8, 4) is 5.75 Å². The summed E-state index contributed by atoms with van der Waals surface area (Å²) in [5.74, 6) is -0.620. The highest BCUT2D eigenvalue weighted by atomic mass is 16.5. The van der Waals surface area contributed by atoms with Gasteiger partial charge < -0.3 is 15.2 Å². The van der Waals surface area contributed by atoms with Crippen LogP contribution < -0.4 is 10.1 Å². The molecule has 0 saturated heterocycles. The number of aliphatic carboxylic acids is 1. The Labute approximate surface area is 124 Å². The van der Waals surface area contributed by atoms with Gasteiger partial charge in [0, 0.05) is 5.56 Å². The van der Waals surface area contributed by atoms with Crippen molar-refractivity contribution in [2.24, 2.45) is 5.92 Å². The molecule has 1 amide bonds. The van der Waals surface area contributed by atoms with Gasteiger partial charge in [-0.1, -0.05) is 26.5 Å². The molecular formula is C16H21NO4. The zero-order valence-electron chi connectivity index (χ0n) is 12.3. The van der Waals surface area contributed by atoms with Gasteiger partial charge in [-0.05, 0) is 36.6 Å². The standard InChI is InChI=1S/C16H21NO4/c1-4-9-21-13-7-5-12(6-8-13)15(18)17-14(16(19)20)10-11(2)3/h4-8,11,14H,1,9-10H2,2-3H3,(H,17,18)(H,19,20)/t14-/m0/s1. The molecule has 0 fully saturated rings. The fraction of sp³-hybridized carbons (Fsp3) is 0.375. The molecule has 0 saturated carbocycles. The van der Waals surface area contributed by atoms with E-state index in [1.54, 1.807) is 30.3 Å². The first kappa shape index (κ1) is 16.8. The molecule has 1 atom stereocenters. The Morgan fingerprint density at radius 1 is 1.33 bits per heavy atom. The Bertz CT molecular complexity index is 494. The number of hydrogen-bond donors (Lipinski definition) is 2. The average Bonchev–Trinajstić information content (AvgIpc) is 2.44. The molecule has 2 N–H and O–H groups in total.